The average molecular weight is 235 g/mol. The molecule has 1 unspecified atom stereocenters. The SMILES string of the molecule is N#CC(C=O)c1ccc(Cc2ccccc2)cc1. The number of carbonyl (C=O) groups is 1. The highest BCUT2D eigenvalue weighted by molar-refractivity contribution is 5.66. The summed E-state index contributed by atoms with van der Waals surface area (Å²) in [6.07, 6.45) is 1.53. The van der Waals surface area contributed by atoms with Crippen LogP contribution in [0.4, 0.5) is 0 Å². The molecular weight excluding hydrogens is 222 g/mol. The van der Waals surface area contributed by atoms with E-state index in [1.165, 1.54) is 11.1 Å². The minimum atomic E-state index is -0.657. The summed E-state index contributed by atoms with van der Waals surface area (Å²) in [5.41, 5.74) is 3.18. The Morgan fingerprint density at radius 2 is 1.61 bits per heavy atom. The van der Waals surface area contributed by atoms with Gasteiger partial charge in [-0.2, -0.15) is 5.26 Å². The van der Waals surface area contributed by atoms with Crippen LogP contribution in [-0.2, 0) is 11.2 Å². The van der Waals surface area contributed by atoms with Crippen molar-refractivity contribution >= 4 is 6.29 Å². The largest absolute Gasteiger partial charge is 0.302 e. The van der Waals surface area contributed by atoms with Crippen LogP contribution in [0.3, 0.4) is 0 Å². The Hall–Kier alpha value is -2.40. The summed E-state index contributed by atoms with van der Waals surface area (Å²) in [6, 6.07) is 19.8. The van der Waals surface area contributed by atoms with Crippen LogP contribution in [0, 0.1) is 11.3 Å². The Kier molecular flexibility index (Phi) is 3.88. The van der Waals surface area contributed by atoms with Gasteiger partial charge < -0.3 is 4.79 Å². The van der Waals surface area contributed by atoms with Gasteiger partial charge in [0.05, 0.1) is 6.07 Å². The minimum absolute atomic E-state index is 0.657. The van der Waals surface area contributed by atoms with Crippen molar-refractivity contribution < 1.29 is 4.79 Å². The number of hydrogen-bond acceptors (Lipinski definition) is 2. The molecule has 2 heteroatoms. The van der Waals surface area contributed by atoms with Crippen molar-refractivity contribution in [2.75, 3.05) is 0 Å². The highest BCUT2D eigenvalue weighted by Gasteiger charge is 2.08. The zero-order valence-electron chi connectivity index (χ0n) is 9.91. The van der Waals surface area contributed by atoms with E-state index in [1.54, 1.807) is 0 Å². The van der Waals surface area contributed by atoms with Crippen LogP contribution in [0.15, 0.2) is 54.6 Å². The lowest BCUT2D eigenvalue weighted by molar-refractivity contribution is -0.108. The van der Waals surface area contributed by atoms with Crippen LogP contribution >= 0.6 is 0 Å². The summed E-state index contributed by atoms with van der Waals surface area (Å²) in [5.74, 6) is -0.657. The molecule has 0 spiro atoms. The van der Waals surface area contributed by atoms with E-state index in [9.17, 15) is 4.79 Å². The van der Waals surface area contributed by atoms with Gasteiger partial charge in [-0.15, -0.1) is 0 Å². The maximum atomic E-state index is 10.7. The second-order valence-electron chi connectivity index (χ2n) is 4.15. The summed E-state index contributed by atoms with van der Waals surface area (Å²) in [4.78, 5) is 10.7. The Morgan fingerprint density at radius 3 is 2.17 bits per heavy atom. The van der Waals surface area contributed by atoms with Gasteiger partial charge in [-0.3, -0.25) is 0 Å². The summed E-state index contributed by atoms with van der Waals surface area (Å²) >= 11 is 0. The van der Waals surface area contributed by atoms with Crippen molar-refractivity contribution in [1.29, 1.82) is 5.26 Å². The normalized spacial score (nSPS) is 11.5. The van der Waals surface area contributed by atoms with E-state index in [4.69, 9.17) is 5.26 Å². The quantitative estimate of drug-likeness (QED) is 0.764. The molecule has 2 rings (SSSR count). The lowest BCUT2D eigenvalue weighted by Crippen LogP contribution is -1.97. The molecule has 18 heavy (non-hydrogen) atoms. The zero-order chi connectivity index (χ0) is 12.8. The lowest BCUT2D eigenvalue weighted by atomic mass is 9.98. The molecule has 2 nitrogen and oxygen atoms in total. The van der Waals surface area contributed by atoms with Gasteiger partial charge in [0.1, 0.15) is 12.2 Å². The van der Waals surface area contributed by atoms with E-state index in [0.29, 0.717) is 6.29 Å². The van der Waals surface area contributed by atoms with Crippen molar-refractivity contribution in [2.45, 2.75) is 12.3 Å². The smallest absolute Gasteiger partial charge is 0.141 e. The number of nitriles is 1. The first-order valence-electron chi connectivity index (χ1n) is 5.81. The number of benzene rings is 2. The zero-order valence-corrected chi connectivity index (χ0v) is 9.91. The molecule has 0 aromatic heterocycles. The van der Waals surface area contributed by atoms with Crippen LogP contribution < -0.4 is 0 Å². The first kappa shape index (κ1) is 12.1. The molecule has 0 N–H and O–H groups in total. The molecule has 0 aliphatic heterocycles. The third kappa shape index (κ3) is 2.83. The second kappa shape index (κ2) is 5.79. The fourth-order valence-electron chi connectivity index (χ4n) is 1.86. The van der Waals surface area contributed by atoms with Crippen molar-refractivity contribution in [3.63, 3.8) is 0 Å². The molecule has 0 heterocycles. The third-order valence-electron chi connectivity index (χ3n) is 2.87. The molecule has 0 radical (unpaired) electrons. The fraction of sp³-hybridized carbons (Fsp3) is 0.125. The number of aldehydes is 1. The molecule has 0 aliphatic rings. The van der Waals surface area contributed by atoms with E-state index in [1.807, 2.05) is 48.5 Å². The monoisotopic (exact) mass is 235 g/mol. The van der Waals surface area contributed by atoms with Crippen molar-refractivity contribution in [1.82, 2.24) is 0 Å². The van der Waals surface area contributed by atoms with E-state index in [-0.39, 0.29) is 0 Å². The van der Waals surface area contributed by atoms with Crippen LogP contribution in [0.2, 0.25) is 0 Å². The maximum Gasteiger partial charge on any atom is 0.141 e. The van der Waals surface area contributed by atoms with Crippen molar-refractivity contribution in [3.05, 3.63) is 71.3 Å². The highest BCUT2D eigenvalue weighted by Crippen LogP contribution is 2.15. The van der Waals surface area contributed by atoms with Gasteiger partial charge >= 0.3 is 0 Å². The number of nitrogens with zero attached hydrogens (tertiary/aromatic N) is 1. The molecule has 2 aromatic carbocycles. The van der Waals surface area contributed by atoms with Gasteiger partial charge in [-0.1, -0.05) is 54.6 Å². The Balaban J connectivity index is 2.14. The van der Waals surface area contributed by atoms with Gasteiger partial charge in [0, 0.05) is 0 Å². The molecule has 0 saturated heterocycles. The number of hydrogen-bond donors (Lipinski definition) is 0. The van der Waals surface area contributed by atoms with E-state index in [0.717, 1.165) is 12.0 Å². The lowest BCUT2D eigenvalue weighted by Gasteiger charge is -2.05. The highest BCUT2D eigenvalue weighted by atomic mass is 16.1. The summed E-state index contributed by atoms with van der Waals surface area (Å²) in [5, 5.41) is 8.80. The number of rotatable bonds is 4. The average Bonchev–Trinajstić information content (AvgIpc) is 2.43. The molecule has 2 aromatic rings. The molecular formula is C16H13NO. The Morgan fingerprint density at radius 1 is 1.00 bits per heavy atom. The predicted molar refractivity (Wildman–Crippen MR) is 70.1 cm³/mol. The second-order valence-corrected chi connectivity index (χ2v) is 4.15. The van der Waals surface area contributed by atoms with Crippen LogP contribution in [0.25, 0.3) is 0 Å². The van der Waals surface area contributed by atoms with Gasteiger partial charge in [0.15, 0.2) is 0 Å². The standard InChI is InChI=1S/C16H13NO/c17-11-16(12-18)15-8-6-14(7-9-15)10-13-4-2-1-3-5-13/h1-9,12,16H,10H2. The molecule has 0 bridgehead atoms. The molecule has 0 fully saturated rings. The molecule has 0 saturated carbocycles. The fourth-order valence-corrected chi connectivity index (χ4v) is 1.86. The summed E-state index contributed by atoms with van der Waals surface area (Å²) < 4.78 is 0. The van der Waals surface area contributed by atoms with E-state index < -0.39 is 5.92 Å². The van der Waals surface area contributed by atoms with E-state index >= 15 is 0 Å². The van der Waals surface area contributed by atoms with Crippen molar-refractivity contribution in [3.8, 4) is 6.07 Å². The minimum Gasteiger partial charge on any atom is -0.302 e. The topological polar surface area (TPSA) is 40.9 Å². The third-order valence-corrected chi connectivity index (χ3v) is 2.87. The molecule has 1 atom stereocenters. The maximum absolute atomic E-state index is 10.7. The van der Waals surface area contributed by atoms with Gasteiger partial charge in [0.25, 0.3) is 0 Å². The van der Waals surface area contributed by atoms with Gasteiger partial charge in [-0.25, -0.2) is 0 Å². The predicted octanol–water partition coefficient (Wildman–Crippen LogP) is 3.08. The van der Waals surface area contributed by atoms with Crippen LogP contribution in [0.5, 0.6) is 0 Å². The van der Waals surface area contributed by atoms with Crippen LogP contribution in [-0.4, -0.2) is 6.29 Å². The van der Waals surface area contributed by atoms with E-state index in [2.05, 4.69) is 12.1 Å². The first-order valence-corrected chi connectivity index (χ1v) is 5.81. The summed E-state index contributed by atoms with van der Waals surface area (Å²) in [6.45, 7) is 0. The molecule has 88 valence electrons. The van der Waals surface area contributed by atoms with Gasteiger partial charge in [-0.05, 0) is 23.1 Å². The van der Waals surface area contributed by atoms with Gasteiger partial charge in [0.2, 0.25) is 0 Å². The Labute approximate surface area is 107 Å². The summed E-state index contributed by atoms with van der Waals surface area (Å²) in [7, 11) is 0. The Bertz CT molecular complexity index is 552. The molecule has 0 amide bonds. The number of carbonyl (C=O) groups excluding carboxylic acids is 1. The molecule has 0 aliphatic carbocycles. The van der Waals surface area contributed by atoms with Crippen LogP contribution in [0.1, 0.15) is 22.6 Å². The van der Waals surface area contributed by atoms with Crippen molar-refractivity contribution in [2.24, 2.45) is 0 Å². The first-order chi connectivity index (χ1) is 8.83.